The van der Waals surface area contributed by atoms with Crippen molar-refractivity contribution in [1.29, 1.82) is 0 Å². The molecule has 30 heavy (non-hydrogen) atoms. The zero-order valence-corrected chi connectivity index (χ0v) is 18.3. The Bertz CT molecular complexity index is 1020. The average Bonchev–Trinajstić information content (AvgIpc) is 3.18. The molecule has 0 aliphatic carbocycles. The summed E-state index contributed by atoms with van der Waals surface area (Å²) in [6, 6.07) is 11.3. The second-order valence-electron chi connectivity index (χ2n) is 7.15. The number of thioether (sulfide) groups is 1. The van der Waals surface area contributed by atoms with Crippen LogP contribution in [0, 0.1) is 18.6 Å². The lowest BCUT2D eigenvalue weighted by Crippen LogP contribution is -2.44. The number of benzene rings is 2. The Kier molecular flexibility index (Phi) is 7.17. The first-order valence-corrected chi connectivity index (χ1v) is 10.6. The molecule has 1 N–H and O–H groups in total. The average molecular weight is 449 g/mol. The summed E-state index contributed by atoms with van der Waals surface area (Å²) in [6.45, 7) is 1.96. The highest BCUT2D eigenvalue weighted by Crippen LogP contribution is 2.29. The maximum absolute atomic E-state index is 14.5. The lowest BCUT2D eigenvalue weighted by molar-refractivity contribution is -0.00240. The summed E-state index contributed by atoms with van der Waals surface area (Å²) in [7, 11) is 1.74. The minimum Gasteiger partial charge on any atom is -0.381 e. The van der Waals surface area contributed by atoms with Crippen molar-refractivity contribution in [3.8, 4) is 0 Å². The van der Waals surface area contributed by atoms with Crippen LogP contribution in [-0.4, -0.2) is 42.7 Å². The molecule has 0 aliphatic heterocycles. The molecule has 9 heteroatoms. The van der Waals surface area contributed by atoms with Gasteiger partial charge in [-0.2, -0.15) is 5.10 Å². The Morgan fingerprint density at radius 3 is 2.73 bits per heavy atom. The second kappa shape index (κ2) is 9.63. The maximum atomic E-state index is 14.5. The van der Waals surface area contributed by atoms with E-state index in [1.165, 1.54) is 40.7 Å². The summed E-state index contributed by atoms with van der Waals surface area (Å²) in [6.07, 6.45) is 2.75. The summed E-state index contributed by atoms with van der Waals surface area (Å²) in [5.41, 5.74) is 0.575. The van der Waals surface area contributed by atoms with Crippen molar-refractivity contribution in [3.05, 3.63) is 83.4 Å². The molecule has 1 heterocycles. The molecular formula is C21H22F2N4OS2. The summed E-state index contributed by atoms with van der Waals surface area (Å²) < 4.78 is 29.9. The number of hydrogen-bond acceptors (Lipinski definition) is 5. The number of halogens is 2. The van der Waals surface area contributed by atoms with Gasteiger partial charge in [0.05, 0.1) is 13.1 Å². The first kappa shape index (κ1) is 22.3. The van der Waals surface area contributed by atoms with Crippen LogP contribution in [0.3, 0.4) is 0 Å². The van der Waals surface area contributed by atoms with Crippen molar-refractivity contribution in [3.63, 3.8) is 0 Å². The van der Waals surface area contributed by atoms with Crippen molar-refractivity contribution in [2.45, 2.75) is 24.8 Å². The molecule has 1 unspecified atom stereocenters. The number of aryl methyl sites for hydroxylation is 1. The molecule has 3 aromatic rings. The van der Waals surface area contributed by atoms with E-state index in [2.05, 4.69) is 16.1 Å². The number of nitrogens with zero attached hydrogens (tertiary/aromatic N) is 4. The molecule has 0 aliphatic rings. The molecule has 0 bridgehead atoms. The Morgan fingerprint density at radius 1 is 1.27 bits per heavy atom. The highest BCUT2D eigenvalue weighted by atomic mass is 32.2. The summed E-state index contributed by atoms with van der Waals surface area (Å²) in [5, 5.41) is 15.4. The molecule has 0 saturated carbocycles. The molecule has 5 nitrogen and oxygen atoms in total. The van der Waals surface area contributed by atoms with Crippen LogP contribution >= 0.6 is 24.0 Å². The van der Waals surface area contributed by atoms with E-state index in [1.54, 1.807) is 11.9 Å². The third kappa shape index (κ3) is 5.62. The number of hydrogen-bond donors (Lipinski definition) is 1. The van der Waals surface area contributed by atoms with E-state index in [4.69, 9.17) is 12.2 Å². The molecule has 3 rings (SSSR count). The molecule has 0 amide bonds. The quantitative estimate of drug-likeness (QED) is 0.554. The van der Waals surface area contributed by atoms with Crippen molar-refractivity contribution < 1.29 is 13.9 Å². The lowest BCUT2D eigenvalue weighted by atomic mass is 9.92. The van der Waals surface area contributed by atoms with Crippen LogP contribution in [0.1, 0.15) is 16.7 Å². The van der Waals surface area contributed by atoms with Gasteiger partial charge in [-0.3, -0.25) is 0 Å². The number of thiocarbonyl (C=S) groups is 1. The monoisotopic (exact) mass is 448 g/mol. The number of aromatic nitrogens is 3. The molecule has 0 fully saturated rings. The van der Waals surface area contributed by atoms with Gasteiger partial charge in [0.2, 0.25) is 0 Å². The standard InChI is InChI=1S/C21H22F2N4OS2/c1-15-4-3-5-16(8-15)10-30-20(29)26(2)11-21(28,12-27-14-24-13-25-27)18-7-6-17(22)9-19(18)23/h3-9,13-14,28H,10-12H2,1-2H3. The fourth-order valence-corrected chi connectivity index (χ4v) is 4.18. The van der Waals surface area contributed by atoms with Crippen LogP contribution in [0.4, 0.5) is 8.78 Å². The number of rotatable bonds is 7. The van der Waals surface area contributed by atoms with Crippen LogP contribution in [-0.2, 0) is 17.9 Å². The van der Waals surface area contributed by atoms with Gasteiger partial charge in [-0.25, -0.2) is 18.4 Å². The van der Waals surface area contributed by atoms with Gasteiger partial charge in [-0.1, -0.05) is 59.9 Å². The minimum atomic E-state index is -1.70. The van der Waals surface area contributed by atoms with Crippen LogP contribution in [0.15, 0.2) is 55.1 Å². The predicted molar refractivity (Wildman–Crippen MR) is 118 cm³/mol. The second-order valence-corrected chi connectivity index (χ2v) is 8.76. The highest BCUT2D eigenvalue weighted by Gasteiger charge is 2.35. The minimum absolute atomic E-state index is 0.00490. The van der Waals surface area contributed by atoms with E-state index in [1.807, 2.05) is 25.1 Å². The van der Waals surface area contributed by atoms with Gasteiger partial charge in [0, 0.05) is 24.4 Å². The molecule has 0 radical (unpaired) electrons. The zero-order valence-electron chi connectivity index (χ0n) is 16.6. The largest absolute Gasteiger partial charge is 0.381 e. The normalized spacial score (nSPS) is 13.1. The van der Waals surface area contributed by atoms with Gasteiger partial charge in [0.15, 0.2) is 0 Å². The molecule has 158 valence electrons. The van der Waals surface area contributed by atoms with E-state index in [9.17, 15) is 13.9 Å². The summed E-state index contributed by atoms with van der Waals surface area (Å²) in [5.74, 6) is -0.863. The fraction of sp³-hybridized carbons (Fsp3) is 0.286. The van der Waals surface area contributed by atoms with Crippen LogP contribution in [0.2, 0.25) is 0 Å². The van der Waals surface area contributed by atoms with Crippen LogP contribution in [0.5, 0.6) is 0 Å². The SMILES string of the molecule is Cc1cccc(CSC(=S)N(C)CC(O)(Cn2cncn2)c2ccc(F)cc2F)c1. The van der Waals surface area contributed by atoms with E-state index in [0.717, 1.165) is 17.7 Å². The van der Waals surface area contributed by atoms with E-state index >= 15 is 0 Å². The number of aliphatic hydroxyl groups is 1. The highest BCUT2D eigenvalue weighted by molar-refractivity contribution is 8.22. The number of likely N-dealkylation sites (N-methyl/N-ethyl adjacent to an activating group) is 1. The molecule has 0 saturated heterocycles. The van der Waals surface area contributed by atoms with Crippen LogP contribution in [0.25, 0.3) is 0 Å². The summed E-state index contributed by atoms with van der Waals surface area (Å²) >= 11 is 6.97. The van der Waals surface area contributed by atoms with Gasteiger partial charge in [-0.05, 0) is 18.6 Å². The first-order chi connectivity index (χ1) is 14.3. The van der Waals surface area contributed by atoms with Crippen molar-refractivity contribution in [2.24, 2.45) is 0 Å². The Balaban J connectivity index is 1.77. The van der Waals surface area contributed by atoms with Gasteiger partial charge < -0.3 is 10.0 Å². The zero-order chi connectivity index (χ0) is 21.7. The third-order valence-corrected chi connectivity index (χ3v) is 6.28. The van der Waals surface area contributed by atoms with Crippen LogP contribution < -0.4 is 0 Å². The lowest BCUT2D eigenvalue weighted by Gasteiger charge is -2.34. The molecule has 0 spiro atoms. The maximum Gasteiger partial charge on any atom is 0.137 e. The van der Waals surface area contributed by atoms with E-state index in [-0.39, 0.29) is 18.7 Å². The van der Waals surface area contributed by atoms with Gasteiger partial charge in [0.25, 0.3) is 0 Å². The molecular weight excluding hydrogens is 426 g/mol. The van der Waals surface area contributed by atoms with E-state index in [0.29, 0.717) is 10.1 Å². The van der Waals surface area contributed by atoms with Gasteiger partial charge in [-0.15, -0.1) is 0 Å². The van der Waals surface area contributed by atoms with Gasteiger partial charge >= 0.3 is 0 Å². The smallest absolute Gasteiger partial charge is 0.137 e. The van der Waals surface area contributed by atoms with Gasteiger partial charge in [0.1, 0.15) is 34.2 Å². The summed E-state index contributed by atoms with van der Waals surface area (Å²) in [4.78, 5) is 5.55. The van der Waals surface area contributed by atoms with E-state index < -0.39 is 17.2 Å². The fourth-order valence-electron chi connectivity index (χ4n) is 3.18. The first-order valence-electron chi connectivity index (χ1n) is 9.20. The topological polar surface area (TPSA) is 54.2 Å². The van der Waals surface area contributed by atoms with Crippen molar-refractivity contribution >= 4 is 28.3 Å². The predicted octanol–water partition coefficient (Wildman–Crippen LogP) is 3.90. The van der Waals surface area contributed by atoms with Crippen molar-refractivity contribution in [2.75, 3.05) is 13.6 Å². The van der Waals surface area contributed by atoms with Crippen molar-refractivity contribution in [1.82, 2.24) is 19.7 Å². The Morgan fingerprint density at radius 2 is 2.07 bits per heavy atom. The molecule has 2 aromatic carbocycles. The third-order valence-electron chi connectivity index (χ3n) is 4.58. The molecule has 1 aromatic heterocycles. The Labute approximate surface area is 183 Å². The Hall–Kier alpha value is -2.36. The molecule has 1 atom stereocenters.